The molecule has 0 spiro atoms. The highest BCUT2D eigenvalue weighted by atomic mass is 16.8. The molecule has 0 saturated carbocycles. The number of fused-ring (bicyclic) bond motifs is 1. The van der Waals surface area contributed by atoms with Crippen molar-refractivity contribution in [3.63, 3.8) is 0 Å². The molecule has 0 aromatic heterocycles. The van der Waals surface area contributed by atoms with Gasteiger partial charge in [-0.05, 0) is 37.0 Å². The molecule has 0 aliphatic carbocycles. The fourth-order valence-electron chi connectivity index (χ4n) is 3.46. The Bertz CT molecular complexity index is 635. The van der Waals surface area contributed by atoms with E-state index < -0.39 is 36.5 Å². The number of aliphatic hydroxyl groups excluding tert-OH is 1. The van der Waals surface area contributed by atoms with Crippen LogP contribution in [0.5, 0.6) is 5.75 Å². The number of hydrogen-bond donors (Lipinski definition) is 2. The molecule has 2 N–H and O–H groups in total. The Labute approximate surface area is 148 Å². The van der Waals surface area contributed by atoms with Gasteiger partial charge in [-0.1, -0.05) is 26.8 Å². The van der Waals surface area contributed by atoms with Crippen LogP contribution in [0, 0.1) is 0 Å². The zero-order valence-corrected chi connectivity index (χ0v) is 15.6. The van der Waals surface area contributed by atoms with Crippen molar-refractivity contribution in [2.75, 3.05) is 7.11 Å². The molecule has 0 radical (unpaired) electrons. The second-order valence-electron chi connectivity index (χ2n) is 8.24. The molecule has 0 unspecified atom stereocenters. The predicted octanol–water partition coefficient (Wildman–Crippen LogP) is 2.61. The maximum Gasteiger partial charge on any atom is 0.190 e. The second kappa shape index (κ2) is 6.21. The minimum Gasteiger partial charge on any atom is -0.508 e. The van der Waals surface area contributed by atoms with Crippen molar-refractivity contribution < 1.29 is 29.2 Å². The third-order valence-corrected chi connectivity index (χ3v) is 4.82. The fourth-order valence-corrected chi connectivity index (χ4v) is 3.46. The minimum absolute atomic E-state index is 0.0261. The monoisotopic (exact) mass is 352 g/mol. The normalized spacial score (nSPS) is 32.6. The molecule has 25 heavy (non-hydrogen) atoms. The molecule has 2 aliphatic rings. The Morgan fingerprint density at radius 3 is 2.48 bits per heavy atom. The molecular weight excluding hydrogens is 324 g/mol. The summed E-state index contributed by atoms with van der Waals surface area (Å²) >= 11 is 0. The van der Waals surface area contributed by atoms with Crippen LogP contribution in [0.4, 0.5) is 0 Å². The van der Waals surface area contributed by atoms with Gasteiger partial charge in [-0.3, -0.25) is 0 Å². The van der Waals surface area contributed by atoms with E-state index in [1.165, 1.54) is 0 Å². The quantitative estimate of drug-likeness (QED) is 0.871. The summed E-state index contributed by atoms with van der Waals surface area (Å²) in [5, 5.41) is 21.2. The van der Waals surface area contributed by atoms with Crippen LogP contribution in [0.1, 0.15) is 51.8 Å². The van der Waals surface area contributed by atoms with Gasteiger partial charge in [0, 0.05) is 12.7 Å². The molecule has 2 aliphatic heterocycles. The van der Waals surface area contributed by atoms with E-state index in [4.69, 9.17) is 18.9 Å². The van der Waals surface area contributed by atoms with Crippen LogP contribution in [-0.4, -0.2) is 47.7 Å². The lowest BCUT2D eigenvalue weighted by Gasteiger charge is -2.29. The Morgan fingerprint density at radius 1 is 1.20 bits per heavy atom. The summed E-state index contributed by atoms with van der Waals surface area (Å²) in [5.41, 5.74) is 1.32. The van der Waals surface area contributed by atoms with Gasteiger partial charge in [0.15, 0.2) is 12.1 Å². The molecule has 1 aromatic rings. The summed E-state index contributed by atoms with van der Waals surface area (Å²) in [6.07, 6.45) is -3.29. The number of phenols is 1. The maximum absolute atomic E-state index is 10.9. The maximum atomic E-state index is 10.9. The third-order valence-electron chi connectivity index (χ3n) is 4.82. The summed E-state index contributed by atoms with van der Waals surface area (Å²) in [4.78, 5) is 0. The number of aliphatic hydroxyl groups is 1. The largest absolute Gasteiger partial charge is 0.508 e. The molecule has 3 rings (SSSR count). The molecule has 140 valence electrons. The van der Waals surface area contributed by atoms with Gasteiger partial charge in [0.1, 0.15) is 30.2 Å². The Balaban J connectivity index is 1.88. The van der Waals surface area contributed by atoms with Gasteiger partial charge in [-0.25, -0.2) is 0 Å². The zero-order valence-electron chi connectivity index (χ0n) is 15.6. The summed E-state index contributed by atoms with van der Waals surface area (Å²) in [7, 11) is 1.55. The average molecular weight is 352 g/mol. The van der Waals surface area contributed by atoms with Crippen molar-refractivity contribution in [2.24, 2.45) is 0 Å². The average Bonchev–Trinajstić information content (AvgIpc) is 2.97. The second-order valence-corrected chi connectivity index (χ2v) is 8.24. The number of aromatic hydroxyl groups is 1. The van der Waals surface area contributed by atoms with Gasteiger partial charge in [0.25, 0.3) is 0 Å². The van der Waals surface area contributed by atoms with E-state index in [2.05, 4.69) is 20.8 Å². The molecule has 5 atom stereocenters. The van der Waals surface area contributed by atoms with Crippen molar-refractivity contribution >= 4 is 0 Å². The highest BCUT2D eigenvalue weighted by Crippen LogP contribution is 2.43. The molecule has 0 amide bonds. The molecule has 2 saturated heterocycles. The number of methoxy groups -OCH3 is 1. The summed E-state index contributed by atoms with van der Waals surface area (Å²) < 4.78 is 23.0. The van der Waals surface area contributed by atoms with Crippen molar-refractivity contribution in [1.29, 1.82) is 0 Å². The first-order chi connectivity index (χ1) is 11.5. The highest BCUT2D eigenvalue weighted by molar-refractivity contribution is 5.40. The van der Waals surface area contributed by atoms with E-state index in [-0.39, 0.29) is 11.2 Å². The SMILES string of the molecule is CO[C@@H]1[C@H]2OC(C)(C)O[C@H]2O[C@@H]1[C@H](O)c1cc(C(C)(C)C)ccc1O. The first-order valence-corrected chi connectivity index (χ1v) is 8.59. The number of phenolic OH excluding ortho intramolecular Hbond substituents is 1. The lowest BCUT2D eigenvalue weighted by molar-refractivity contribution is -0.228. The zero-order chi connectivity index (χ0) is 18.6. The lowest BCUT2D eigenvalue weighted by atomic mass is 9.84. The van der Waals surface area contributed by atoms with Crippen molar-refractivity contribution in [3.05, 3.63) is 29.3 Å². The van der Waals surface area contributed by atoms with Gasteiger partial charge < -0.3 is 29.2 Å². The van der Waals surface area contributed by atoms with Gasteiger partial charge in [-0.2, -0.15) is 0 Å². The summed E-state index contributed by atoms with van der Waals surface area (Å²) in [6.45, 7) is 9.85. The molecule has 2 heterocycles. The first kappa shape index (κ1) is 18.6. The Kier molecular flexibility index (Phi) is 4.62. The van der Waals surface area contributed by atoms with E-state index in [0.717, 1.165) is 5.56 Å². The van der Waals surface area contributed by atoms with Gasteiger partial charge in [0.2, 0.25) is 0 Å². The molecule has 2 fully saturated rings. The number of hydrogen-bond acceptors (Lipinski definition) is 6. The van der Waals surface area contributed by atoms with Crippen LogP contribution in [0.25, 0.3) is 0 Å². The highest BCUT2D eigenvalue weighted by Gasteiger charge is 2.57. The van der Waals surface area contributed by atoms with Crippen LogP contribution in [0.15, 0.2) is 18.2 Å². The minimum atomic E-state index is -1.06. The molecular formula is C19H28O6. The Hall–Kier alpha value is -1.18. The van der Waals surface area contributed by atoms with Gasteiger partial charge in [0.05, 0.1) is 0 Å². The predicted molar refractivity (Wildman–Crippen MR) is 91.3 cm³/mol. The summed E-state index contributed by atoms with van der Waals surface area (Å²) in [6, 6.07) is 5.28. The molecule has 0 bridgehead atoms. The van der Waals surface area contributed by atoms with Gasteiger partial charge >= 0.3 is 0 Å². The van der Waals surface area contributed by atoms with E-state index in [0.29, 0.717) is 5.56 Å². The van der Waals surface area contributed by atoms with Crippen LogP contribution in [0.2, 0.25) is 0 Å². The van der Waals surface area contributed by atoms with E-state index in [1.807, 2.05) is 26.0 Å². The molecule has 1 aromatic carbocycles. The molecule has 6 heteroatoms. The van der Waals surface area contributed by atoms with Crippen molar-refractivity contribution in [1.82, 2.24) is 0 Å². The van der Waals surface area contributed by atoms with Crippen LogP contribution in [0.3, 0.4) is 0 Å². The van der Waals surface area contributed by atoms with E-state index in [9.17, 15) is 10.2 Å². The lowest BCUT2D eigenvalue weighted by Crippen LogP contribution is -2.39. The van der Waals surface area contributed by atoms with E-state index in [1.54, 1.807) is 13.2 Å². The number of ether oxygens (including phenoxy) is 4. The smallest absolute Gasteiger partial charge is 0.190 e. The van der Waals surface area contributed by atoms with Crippen molar-refractivity contribution in [2.45, 2.75) is 76.5 Å². The van der Waals surface area contributed by atoms with Gasteiger partial charge in [-0.15, -0.1) is 0 Å². The standard InChI is InChI=1S/C19H28O6/c1-18(2,3)10-7-8-12(20)11(9-10)13(21)14-15(22-6)16-17(23-14)25-19(4,5)24-16/h7-9,13-17,20-21H,1-6H3/t13-,14-,15+,16-,17-/m1/s1. The fraction of sp³-hybridized carbons (Fsp3) is 0.684. The Morgan fingerprint density at radius 2 is 1.88 bits per heavy atom. The topological polar surface area (TPSA) is 77.4 Å². The number of rotatable bonds is 3. The van der Waals surface area contributed by atoms with Crippen LogP contribution >= 0.6 is 0 Å². The van der Waals surface area contributed by atoms with Crippen LogP contribution < -0.4 is 0 Å². The number of benzene rings is 1. The summed E-state index contributed by atoms with van der Waals surface area (Å²) in [5.74, 6) is -0.728. The molecule has 6 nitrogen and oxygen atoms in total. The van der Waals surface area contributed by atoms with E-state index >= 15 is 0 Å². The third kappa shape index (κ3) is 3.41. The first-order valence-electron chi connectivity index (χ1n) is 8.59. The van der Waals surface area contributed by atoms with Crippen molar-refractivity contribution in [3.8, 4) is 5.75 Å². The van der Waals surface area contributed by atoms with Crippen LogP contribution in [-0.2, 0) is 24.4 Å².